The Balaban J connectivity index is 2.65. The molecule has 0 spiro atoms. The fourth-order valence-corrected chi connectivity index (χ4v) is 1.42. The van der Waals surface area contributed by atoms with Crippen molar-refractivity contribution in [2.24, 2.45) is 11.1 Å². The minimum absolute atomic E-state index is 0.166. The molecule has 0 aromatic heterocycles. The van der Waals surface area contributed by atoms with E-state index in [9.17, 15) is 0 Å². The van der Waals surface area contributed by atoms with E-state index in [4.69, 9.17) is 25.4 Å². The van der Waals surface area contributed by atoms with Crippen LogP contribution in [0.4, 0.5) is 0 Å². The number of hydrogen-bond donors (Lipinski definition) is 2. The summed E-state index contributed by atoms with van der Waals surface area (Å²) in [6.07, 6.45) is 0.669. The molecular formula is C14H22N2O3. The Morgan fingerprint density at radius 3 is 2.00 bits per heavy atom. The van der Waals surface area contributed by atoms with E-state index in [0.717, 1.165) is 0 Å². The van der Waals surface area contributed by atoms with Gasteiger partial charge in [-0.2, -0.15) is 0 Å². The van der Waals surface area contributed by atoms with E-state index < -0.39 is 0 Å². The Labute approximate surface area is 114 Å². The van der Waals surface area contributed by atoms with Crippen LogP contribution in [-0.4, -0.2) is 26.7 Å². The highest BCUT2D eigenvalue weighted by atomic mass is 16.5. The molecule has 0 heterocycles. The van der Waals surface area contributed by atoms with E-state index in [2.05, 4.69) is 0 Å². The average molecular weight is 266 g/mol. The van der Waals surface area contributed by atoms with Crippen LogP contribution in [-0.2, 0) is 0 Å². The summed E-state index contributed by atoms with van der Waals surface area (Å²) in [5.41, 5.74) is 5.17. The molecule has 5 nitrogen and oxygen atoms in total. The first-order valence-corrected chi connectivity index (χ1v) is 6.09. The monoisotopic (exact) mass is 266 g/mol. The first-order valence-electron chi connectivity index (χ1n) is 6.09. The van der Waals surface area contributed by atoms with Crippen molar-refractivity contribution in [2.45, 2.75) is 20.3 Å². The third-order valence-electron chi connectivity index (χ3n) is 3.05. The molecular weight excluding hydrogens is 244 g/mol. The molecule has 19 heavy (non-hydrogen) atoms. The van der Waals surface area contributed by atoms with Crippen LogP contribution in [0.2, 0.25) is 0 Å². The summed E-state index contributed by atoms with van der Waals surface area (Å²) >= 11 is 0. The molecule has 106 valence electrons. The molecule has 0 aliphatic carbocycles. The summed E-state index contributed by atoms with van der Waals surface area (Å²) < 4.78 is 16.0. The summed E-state index contributed by atoms with van der Waals surface area (Å²) in [4.78, 5) is 0. The molecule has 0 aliphatic heterocycles. The van der Waals surface area contributed by atoms with Gasteiger partial charge >= 0.3 is 0 Å². The van der Waals surface area contributed by atoms with E-state index in [-0.39, 0.29) is 11.3 Å². The van der Waals surface area contributed by atoms with Crippen LogP contribution >= 0.6 is 0 Å². The number of methoxy groups -OCH3 is 2. The number of nitrogens with one attached hydrogen (secondary N) is 1. The van der Waals surface area contributed by atoms with Gasteiger partial charge in [-0.3, -0.25) is 5.41 Å². The summed E-state index contributed by atoms with van der Waals surface area (Å²) in [6, 6.07) is 5.37. The van der Waals surface area contributed by atoms with Crippen LogP contribution < -0.4 is 19.9 Å². The zero-order chi connectivity index (χ0) is 14.5. The predicted molar refractivity (Wildman–Crippen MR) is 75.4 cm³/mol. The van der Waals surface area contributed by atoms with Gasteiger partial charge in [-0.1, -0.05) is 13.8 Å². The number of benzene rings is 1. The molecule has 1 aromatic carbocycles. The minimum Gasteiger partial charge on any atom is -0.496 e. The molecule has 0 saturated heterocycles. The van der Waals surface area contributed by atoms with E-state index >= 15 is 0 Å². The third-order valence-corrected chi connectivity index (χ3v) is 3.05. The van der Waals surface area contributed by atoms with Gasteiger partial charge < -0.3 is 19.9 Å². The molecule has 0 atom stereocenters. The summed E-state index contributed by atoms with van der Waals surface area (Å²) in [6.45, 7) is 4.32. The van der Waals surface area contributed by atoms with Gasteiger partial charge in [-0.05, 0) is 6.42 Å². The van der Waals surface area contributed by atoms with Crippen LogP contribution in [0.15, 0.2) is 18.2 Å². The second kappa shape index (κ2) is 6.31. The molecule has 3 N–H and O–H groups in total. The lowest BCUT2D eigenvalue weighted by molar-refractivity contribution is 0.266. The Morgan fingerprint density at radius 1 is 1.11 bits per heavy atom. The SMILES string of the molecule is COc1cc(OC)cc(OCCC(C)(C)C(=N)N)c1. The van der Waals surface area contributed by atoms with Crippen LogP contribution in [0.5, 0.6) is 17.2 Å². The molecule has 5 heteroatoms. The fraction of sp³-hybridized carbons (Fsp3) is 0.500. The van der Waals surface area contributed by atoms with E-state index in [1.165, 1.54) is 0 Å². The van der Waals surface area contributed by atoms with Gasteiger partial charge in [-0.25, -0.2) is 0 Å². The van der Waals surface area contributed by atoms with Crippen molar-refractivity contribution in [3.63, 3.8) is 0 Å². The van der Waals surface area contributed by atoms with Crippen molar-refractivity contribution in [1.82, 2.24) is 0 Å². The van der Waals surface area contributed by atoms with Gasteiger partial charge in [0.15, 0.2) is 0 Å². The van der Waals surface area contributed by atoms with Crippen LogP contribution in [0.1, 0.15) is 20.3 Å². The lowest BCUT2D eigenvalue weighted by Crippen LogP contribution is -2.32. The number of rotatable bonds is 7. The van der Waals surface area contributed by atoms with Gasteiger partial charge in [0.1, 0.15) is 17.2 Å². The van der Waals surface area contributed by atoms with Crippen molar-refractivity contribution < 1.29 is 14.2 Å². The summed E-state index contributed by atoms with van der Waals surface area (Å²) in [7, 11) is 3.19. The minimum atomic E-state index is -0.358. The van der Waals surface area contributed by atoms with Crippen LogP contribution in [0.3, 0.4) is 0 Å². The highest BCUT2D eigenvalue weighted by Gasteiger charge is 2.21. The average Bonchev–Trinajstić information content (AvgIpc) is 2.37. The quantitative estimate of drug-likeness (QED) is 0.587. The Morgan fingerprint density at radius 2 is 1.58 bits per heavy atom. The first kappa shape index (κ1) is 15.1. The van der Waals surface area contributed by atoms with Crippen molar-refractivity contribution in [3.8, 4) is 17.2 Å². The molecule has 1 aromatic rings. The molecule has 0 aliphatic rings. The topological polar surface area (TPSA) is 77.6 Å². The van der Waals surface area contributed by atoms with E-state index in [1.807, 2.05) is 13.8 Å². The van der Waals surface area contributed by atoms with Gasteiger partial charge in [0, 0.05) is 23.6 Å². The highest BCUT2D eigenvalue weighted by Crippen LogP contribution is 2.28. The molecule has 0 fully saturated rings. The molecule has 0 saturated carbocycles. The number of nitrogens with two attached hydrogens (primary N) is 1. The zero-order valence-corrected chi connectivity index (χ0v) is 11.9. The number of ether oxygens (including phenoxy) is 3. The Bertz CT molecular complexity index is 422. The second-order valence-electron chi connectivity index (χ2n) is 4.94. The lowest BCUT2D eigenvalue weighted by atomic mass is 9.88. The van der Waals surface area contributed by atoms with Crippen molar-refractivity contribution in [3.05, 3.63) is 18.2 Å². The largest absolute Gasteiger partial charge is 0.496 e. The highest BCUT2D eigenvalue weighted by molar-refractivity contribution is 5.82. The Hall–Kier alpha value is -1.91. The summed E-state index contributed by atoms with van der Waals surface area (Å²) in [5, 5.41) is 7.49. The van der Waals surface area contributed by atoms with Crippen molar-refractivity contribution in [1.29, 1.82) is 5.41 Å². The number of hydrogen-bond acceptors (Lipinski definition) is 4. The zero-order valence-electron chi connectivity index (χ0n) is 11.9. The van der Waals surface area contributed by atoms with Gasteiger partial charge in [0.2, 0.25) is 0 Å². The molecule has 0 unspecified atom stereocenters. The van der Waals surface area contributed by atoms with Crippen LogP contribution in [0, 0.1) is 10.8 Å². The molecule has 0 bridgehead atoms. The number of amidine groups is 1. The first-order chi connectivity index (χ1) is 8.89. The molecule has 0 radical (unpaired) electrons. The molecule has 1 rings (SSSR count). The standard InChI is InChI=1S/C14H22N2O3/c1-14(2,13(15)16)5-6-19-12-8-10(17-3)7-11(9-12)18-4/h7-9H,5-6H2,1-4H3,(H3,15,16). The second-order valence-corrected chi connectivity index (χ2v) is 4.94. The predicted octanol–water partition coefficient (Wildman–Crippen LogP) is 2.43. The lowest BCUT2D eigenvalue weighted by Gasteiger charge is -2.22. The van der Waals surface area contributed by atoms with Gasteiger partial charge in [0.05, 0.1) is 26.7 Å². The summed E-state index contributed by atoms with van der Waals surface area (Å²) in [5.74, 6) is 2.20. The van der Waals surface area contributed by atoms with Gasteiger partial charge in [-0.15, -0.1) is 0 Å². The Kier molecular flexibility index (Phi) is 5.03. The maximum atomic E-state index is 7.49. The van der Waals surface area contributed by atoms with Crippen LogP contribution in [0.25, 0.3) is 0 Å². The maximum absolute atomic E-state index is 7.49. The fourth-order valence-electron chi connectivity index (χ4n) is 1.42. The maximum Gasteiger partial charge on any atom is 0.126 e. The normalized spacial score (nSPS) is 10.9. The van der Waals surface area contributed by atoms with E-state index in [0.29, 0.717) is 30.3 Å². The van der Waals surface area contributed by atoms with Gasteiger partial charge in [0.25, 0.3) is 0 Å². The van der Waals surface area contributed by atoms with Crippen molar-refractivity contribution >= 4 is 5.84 Å². The van der Waals surface area contributed by atoms with Crippen molar-refractivity contribution in [2.75, 3.05) is 20.8 Å². The smallest absolute Gasteiger partial charge is 0.126 e. The van der Waals surface area contributed by atoms with E-state index in [1.54, 1.807) is 32.4 Å². The molecule has 0 amide bonds. The third kappa shape index (κ3) is 4.35.